The number of pyridine rings is 1. The highest BCUT2D eigenvalue weighted by molar-refractivity contribution is 5.76. The number of nitrogens with zero attached hydrogens (tertiary/aromatic N) is 3. The molecule has 21 heavy (non-hydrogen) atoms. The van der Waals surface area contributed by atoms with Crippen LogP contribution in [-0.4, -0.2) is 32.2 Å². The summed E-state index contributed by atoms with van der Waals surface area (Å²) in [6.07, 6.45) is 3.11. The number of aromatic nitrogens is 3. The third kappa shape index (κ3) is 2.97. The van der Waals surface area contributed by atoms with Crippen molar-refractivity contribution in [1.82, 2.24) is 19.5 Å². The highest BCUT2D eigenvalue weighted by Gasteiger charge is 2.26. The molecule has 0 aliphatic rings. The average molecular weight is 291 g/mol. The number of rotatable bonds is 6. The lowest BCUT2D eigenvalue weighted by molar-refractivity contribution is -0.123. The molecule has 0 aliphatic heterocycles. The first-order chi connectivity index (χ1) is 10.0. The zero-order valence-corrected chi connectivity index (χ0v) is 12.4. The van der Waals surface area contributed by atoms with Crippen LogP contribution in [0.15, 0.2) is 29.2 Å². The number of amides is 1. The van der Waals surface area contributed by atoms with E-state index in [9.17, 15) is 9.59 Å². The van der Waals surface area contributed by atoms with Crippen LogP contribution in [0.5, 0.6) is 0 Å². The summed E-state index contributed by atoms with van der Waals surface area (Å²) in [6, 6.07) is 5.26. The molecule has 0 atom stereocenters. The maximum Gasteiger partial charge on any atom is 0.350 e. The van der Waals surface area contributed by atoms with Crippen molar-refractivity contribution < 1.29 is 4.79 Å². The van der Waals surface area contributed by atoms with Gasteiger partial charge in [-0.1, -0.05) is 19.9 Å². The first-order valence-electron chi connectivity index (χ1n) is 7.10. The lowest BCUT2D eigenvalue weighted by atomic mass is 9.93. The number of fused-ring (bicyclic) bond motifs is 1. The van der Waals surface area contributed by atoms with E-state index < -0.39 is 5.54 Å². The summed E-state index contributed by atoms with van der Waals surface area (Å²) in [5.74, 6) is -0.255. The molecule has 1 amide bonds. The molecule has 7 heteroatoms. The van der Waals surface area contributed by atoms with Gasteiger partial charge in [0.2, 0.25) is 5.91 Å². The molecule has 0 saturated carbocycles. The van der Waals surface area contributed by atoms with Crippen LogP contribution in [0.2, 0.25) is 0 Å². The summed E-state index contributed by atoms with van der Waals surface area (Å²) in [7, 11) is 0. The van der Waals surface area contributed by atoms with E-state index in [0.717, 1.165) is 17.5 Å². The predicted octanol–water partition coefficient (Wildman–Crippen LogP) is 0.130. The van der Waals surface area contributed by atoms with Gasteiger partial charge in [-0.25, -0.2) is 9.48 Å². The van der Waals surface area contributed by atoms with Crippen molar-refractivity contribution in [3.05, 3.63) is 34.9 Å². The number of nitrogens with two attached hydrogens (primary N) is 1. The molecule has 0 radical (unpaired) electrons. The molecule has 0 unspecified atom stereocenters. The van der Waals surface area contributed by atoms with E-state index in [1.807, 2.05) is 13.8 Å². The zero-order valence-electron chi connectivity index (χ0n) is 12.4. The van der Waals surface area contributed by atoms with Crippen LogP contribution in [0.3, 0.4) is 0 Å². The molecule has 0 saturated heterocycles. The summed E-state index contributed by atoms with van der Waals surface area (Å²) in [4.78, 5) is 24.3. The van der Waals surface area contributed by atoms with E-state index in [-0.39, 0.29) is 18.1 Å². The van der Waals surface area contributed by atoms with Gasteiger partial charge in [0.25, 0.3) is 0 Å². The molecule has 7 nitrogen and oxygen atoms in total. The molecule has 0 bridgehead atoms. The van der Waals surface area contributed by atoms with Gasteiger partial charge in [-0.15, -0.1) is 5.10 Å². The van der Waals surface area contributed by atoms with Crippen molar-refractivity contribution in [2.75, 3.05) is 6.54 Å². The number of nitrogens with one attached hydrogen (secondary N) is 1. The Morgan fingerprint density at radius 3 is 2.67 bits per heavy atom. The van der Waals surface area contributed by atoms with Crippen molar-refractivity contribution in [3.8, 4) is 0 Å². The fourth-order valence-electron chi connectivity index (χ4n) is 2.31. The predicted molar refractivity (Wildman–Crippen MR) is 80.0 cm³/mol. The van der Waals surface area contributed by atoms with Gasteiger partial charge in [0.15, 0.2) is 5.65 Å². The minimum Gasteiger partial charge on any atom is -0.348 e. The monoisotopic (exact) mass is 291 g/mol. The molecular weight excluding hydrogens is 270 g/mol. The van der Waals surface area contributed by atoms with Gasteiger partial charge in [0.05, 0.1) is 5.54 Å². The van der Waals surface area contributed by atoms with E-state index in [1.165, 1.54) is 4.40 Å². The summed E-state index contributed by atoms with van der Waals surface area (Å²) in [5.41, 5.74) is 5.53. The summed E-state index contributed by atoms with van der Waals surface area (Å²) in [6.45, 7) is 4.22. The Balaban J connectivity index is 2.18. The molecule has 0 aromatic carbocycles. The molecule has 0 spiro atoms. The molecular formula is C14H21N5O2. The summed E-state index contributed by atoms with van der Waals surface area (Å²) in [5, 5.41) is 7.06. The molecule has 0 fully saturated rings. The second kappa shape index (κ2) is 6.09. The third-order valence-electron chi connectivity index (χ3n) is 3.93. The van der Waals surface area contributed by atoms with E-state index >= 15 is 0 Å². The fraction of sp³-hybridized carbons (Fsp3) is 0.500. The van der Waals surface area contributed by atoms with Crippen LogP contribution in [0.25, 0.3) is 5.65 Å². The van der Waals surface area contributed by atoms with Crippen molar-refractivity contribution in [2.45, 2.75) is 38.8 Å². The highest BCUT2D eigenvalue weighted by Crippen LogP contribution is 2.12. The van der Waals surface area contributed by atoms with Crippen molar-refractivity contribution in [3.63, 3.8) is 0 Å². The SMILES string of the molecule is CCC(CC)(CN)NC(=O)Cn1nc2ccccn2c1=O. The standard InChI is InChI=1S/C14H21N5O2/c1-3-14(4-2,10-15)16-12(20)9-19-13(21)18-8-6-5-7-11(18)17-19/h5-8H,3-4,9-10,15H2,1-2H3,(H,16,20). The van der Waals surface area contributed by atoms with Crippen LogP contribution >= 0.6 is 0 Å². The van der Waals surface area contributed by atoms with E-state index in [1.54, 1.807) is 24.4 Å². The normalized spacial score (nSPS) is 11.8. The van der Waals surface area contributed by atoms with Crippen LogP contribution in [-0.2, 0) is 11.3 Å². The smallest absolute Gasteiger partial charge is 0.348 e. The number of carbonyl (C=O) groups excluding carboxylic acids is 1. The van der Waals surface area contributed by atoms with Crippen LogP contribution in [0.1, 0.15) is 26.7 Å². The Morgan fingerprint density at radius 2 is 2.10 bits per heavy atom. The number of carbonyl (C=O) groups is 1. The maximum atomic E-state index is 12.2. The topological polar surface area (TPSA) is 94.4 Å². The third-order valence-corrected chi connectivity index (χ3v) is 3.93. The van der Waals surface area contributed by atoms with Crippen LogP contribution in [0.4, 0.5) is 0 Å². The van der Waals surface area contributed by atoms with Gasteiger partial charge in [-0.3, -0.25) is 9.20 Å². The van der Waals surface area contributed by atoms with Crippen molar-refractivity contribution in [1.29, 1.82) is 0 Å². The first-order valence-corrected chi connectivity index (χ1v) is 7.10. The Morgan fingerprint density at radius 1 is 1.38 bits per heavy atom. The summed E-state index contributed by atoms with van der Waals surface area (Å²) >= 11 is 0. The lowest BCUT2D eigenvalue weighted by Gasteiger charge is -2.31. The average Bonchev–Trinajstić information content (AvgIpc) is 2.82. The quantitative estimate of drug-likeness (QED) is 0.791. The molecule has 2 aromatic rings. The number of hydrogen-bond acceptors (Lipinski definition) is 4. The molecule has 2 rings (SSSR count). The second-order valence-corrected chi connectivity index (χ2v) is 5.11. The molecule has 0 aliphatic carbocycles. The zero-order chi connectivity index (χ0) is 15.5. The Hall–Kier alpha value is -2.15. The van der Waals surface area contributed by atoms with Gasteiger partial charge in [0.1, 0.15) is 6.54 Å². The summed E-state index contributed by atoms with van der Waals surface area (Å²) < 4.78 is 2.57. The van der Waals surface area contributed by atoms with E-state index in [0.29, 0.717) is 12.2 Å². The lowest BCUT2D eigenvalue weighted by Crippen LogP contribution is -2.54. The van der Waals surface area contributed by atoms with Gasteiger partial charge in [-0.05, 0) is 25.0 Å². The minimum absolute atomic E-state index is 0.109. The van der Waals surface area contributed by atoms with Gasteiger partial charge in [0, 0.05) is 12.7 Å². The molecule has 2 aromatic heterocycles. The molecule has 114 valence electrons. The van der Waals surface area contributed by atoms with E-state index in [2.05, 4.69) is 10.4 Å². The Kier molecular flexibility index (Phi) is 4.42. The minimum atomic E-state index is -0.417. The van der Waals surface area contributed by atoms with Crippen LogP contribution in [0, 0.1) is 0 Å². The first kappa shape index (κ1) is 15.2. The molecule has 2 heterocycles. The fourth-order valence-corrected chi connectivity index (χ4v) is 2.31. The molecule has 3 N–H and O–H groups in total. The van der Waals surface area contributed by atoms with Crippen molar-refractivity contribution in [2.24, 2.45) is 5.73 Å². The largest absolute Gasteiger partial charge is 0.350 e. The Bertz CT molecular complexity index is 676. The highest BCUT2D eigenvalue weighted by atomic mass is 16.2. The van der Waals surface area contributed by atoms with Crippen molar-refractivity contribution >= 4 is 11.6 Å². The number of hydrogen-bond donors (Lipinski definition) is 2. The van der Waals surface area contributed by atoms with Gasteiger partial charge < -0.3 is 11.1 Å². The maximum absolute atomic E-state index is 12.2. The Labute approximate surface area is 122 Å². The van der Waals surface area contributed by atoms with Crippen LogP contribution < -0.4 is 16.7 Å². The van der Waals surface area contributed by atoms with Gasteiger partial charge in [-0.2, -0.15) is 0 Å². The second-order valence-electron chi connectivity index (χ2n) is 5.11. The van der Waals surface area contributed by atoms with E-state index in [4.69, 9.17) is 5.73 Å². The van der Waals surface area contributed by atoms with Gasteiger partial charge >= 0.3 is 5.69 Å².